The summed E-state index contributed by atoms with van der Waals surface area (Å²) in [6.07, 6.45) is 1.61. The Hall–Kier alpha value is -2.50. The fourth-order valence-electron chi connectivity index (χ4n) is 2.35. The predicted octanol–water partition coefficient (Wildman–Crippen LogP) is 4.07. The minimum absolute atomic E-state index is 0.125. The second-order valence-corrected chi connectivity index (χ2v) is 5.84. The second-order valence-electron chi connectivity index (χ2n) is 5.05. The lowest BCUT2D eigenvalue weighted by Gasteiger charge is -2.03. The van der Waals surface area contributed by atoms with Gasteiger partial charge in [-0.25, -0.2) is 9.79 Å². The highest BCUT2D eigenvalue weighted by atomic mass is 35.5. The number of rotatable bonds is 2. The molecule has 0 bridgehead atoms. The van der Waals surface area contributed by atoms with Gasteiger partial charge in [-0.3, -0.25) is 0 Å². The molecule has 2 aliphatic rings. The van der Waals surface area contributed by atoms with Gasteiger partial charge in [-0.2, -0.15) is 0 Å². The number of carbonyl (C=O) groups is 1. The molecule has 2 heterocycles. The van der Waals surface area contributed by atoms with E-state index >= 15 is 0 Å². The smallest absolute Gasteiger partial charge is 0.363 e. The first-order valence-electron chi connectivity index (χ1n) is 6.98. The summed E-state index contributed by atoms with van der Waals surface area (Å²) in [4.78, 5) is 16.3. The van der Waals surface area contributed by atoms with E-state index in [1.54, 1.807) is 42.5 Å². The van der Waals surface area contributed by atoms with E-state index in [0.29, 0.717) is 22.1 Å². The Kier molecular flexibility index (Phi) is 3.67. The molecular formula is C17H9Cl2NO4. The van der Waals surface area contributed by atoms with Crippen LogP contribution in [-0.2, 0) is 9.53 Å². The first-order chi connectivity index (χ1) is 11.6. The maximum absolute atomic E-state index is 12.1. The Morgan fingerprint density at radius 3 is 2.79 bits per heavy atom. The number of hydrogen-bond acceptors (Lipinski definition) is 5. The number of carbonyl (C=O) groups excluding carboxylic acids is 1. The van der Waals surface area contributed by atoms with Crippen molar-refractivity contribution >= 4 is 41.1 Å². The van der Waals surface area contributed by atoms with Crippen molar-refractivity contribution in [3.05, 3.63) is 63.3 Å². The van der Waals surface area contributed by atoms with Crippen LogP contribution < -0.4 is 9.47 Å². The normalized spacial score (nSPS) is 17.2. The third-order valence-electron chi connectivity index (χ3n) is 3.50. The average Bonchev–Trinajstić information content (AvgIpc) is 3.17. The number of cyclic esters (lactones) is 1. The molecule has 4 rings (SSSR count). The number of aliphatic imine (C=N–C) groups is 1. The summed E-state index contributed by atoms with van der Waals surface area (Å²) in [5, 5.41) is 0.649. The van der Waals surface area contributed by atoms with Crippen molar-refractivity contribution in [3.63, 3.8) is 0 Å². The van der Waals surface area contributed by atoms with Crippen LogP contribution in [0, 0.1) is 0 Å². The Labute approximate surface area is 147 Å². The van der Waals surface area contributed by atoms with Crippen LogP contribution in [0.3, 0.4) is 0 Å². The van der Waals surface area contributed by atoms with Gasteiger partial charge < -0.3 is 14.2 Å². The van der Waals surface area contributed by atoms with Crippen LogP contribution in [0.2, 0.25) is 10.0 Å². The molecule has 2 aromatic carbocycles. The van der Waals surface area contributed by atoms with Crippen molar-refractivity contribution in [2.75, 3.05) is 6.79 Å². The molecule has 5 nitrogen and oxygen atoms in total. The maximum Gasteiger partial charge on any atom is 0.363 e. The van der Waals surface area contributed by atoms with Gasteiger partial charge in [0.15, 0.2) is 17.2 Å². The zero-order valence-electron chi connectivity index (χ0n) is 12.1. The van der Waals surface area contributed by atoms with Gasteiger partial charge in [0.2, 0.25) is 12.7 Å². The lowest BCUT2D eigenvalue weighted by molar-refractivity contribution is -0.129. The average molecular weight is 362 g/mol. The summed E-state index contributed by atoms with van der Waals surface area (Å²) in [5.41, 5.74) is 1.37. The molecular weight excluding hydrogens is 353 g/mol. The molecule has 0 atom stereocenters. The van der Waals surface area contributed by atoms with Crippen molar-refractivity contribution in [1.82, 2.24) is 0 Å². The molecule has 0 spiro atoms. The summed E-state index contributed by atoms with van der Waals surface area (Å²) in [6.45, 7) is 0.187. The summed E-state index contributed by atoms with van der Waals surface area (Å²) in [6, 6.07) is 10.4. The standard InChI is InChI=1S/C17H9Cl2NO4/c18-11-3-1-2-10(15(11)19)16-20-12(17(21)24-16)6-9-4-5-13-14(7-9)23-8-22-13/h1-7H,8H2. The van der Waals surface area contributed by atoms with E-state index in [0.717, 1.165) is 5.56 Å². The molecule has 0 amide bonds. The largest absolute Gasteiger partial charge is 0.454 e. The van der Waals surface area contributed by atoms with Crippen LogP contribution in [0.1, 0.15) is 11.1 Å². The van der Waals surface area contributed by atoms with Crippen molar-refractivity contribution in [2.24, 2.45) is 4.99 Å². The van der Waals surface area contributed by atoms with Crippen LogP contribution >= 0.6 is 23.2 Å². The van der Waals surface area contributed by atoms with E-state index in [4.69, 9.17) is 37.4 Å². The van der Waals surface area contributed by atoms with Gasteiger partial charge in [0, 0.05) is 0 Å². The highest BCUT2D eigenvalue weighted by Crippen LogP contribution is 2.34. The van der Waals surface area contributed by atoms with Crippen LogP contribution in [0.15, 0.2) is 47.1 Å². The van der Waals surface area contributed by atoms with E-state index < -0.39 is 5.97 Å². The van der Waals surface area contributed by atoms with Gasteiger partial charge in [0.05, 0.1) is 15.6 Å². The van der Waals surface area contributed by atoms with E-state index in [2.05, 4.69) is 4.99 Å². The molecule has 120 valence electrons. The number of ether oxygens (including phenoxy) is 3. The molecule has 2 aliphatic heterocycles. The first kappa shape index (κ1) is 15.1. The Balaban J connectivity index is 1.70. The van der Waals surface area contributed by atoms with Gasteiger partial charge in [-0.15, -0.1) is 0 Å². The molecule has 0 radical (unpaired) electrons. The minimum Gasteiger partial charge on any atom is -0.454 e. The summed E-state index contributed by atoms with van der Waals surface area (Å²) >= 11 is 12.1. The van der Waals surface area contributed by atoms with Gasteiger partial charge >= 0.3 is 5.97 Å². The monoisotopic (exact) mass is 361 g/mol. The fraction of sp³-hybridized carbons (Fsp3) is 0.0588. The second kappa shape index (κ2) is 5.85. The molecule has 0 saturated heterocycles. The molecule has 24 heavy (non-hydrogen) atoms. The van der Waals surface area contributed by atoms with Gasteiger partial charge in [-0.1, -0.05) is 35.3 Å². The SMILES string of the molecule is O=C1OC(c2cccc(Cl)c2Cl)=NC1=Cc1ccc2c(c1)OCO2. The Morgan fingerprint density at radius 2 is 1.92 bits per heavy atom. The van der Waals surface area contributed by atoms with Crippen molar-refractivity contribution in [2.45, 2.75) is 0 Å². The van der Waals surface area contributed by atoms with E-state index in [9.17, 15) is 4.79 Å². The molecule has 0 fully saturated rings. The summed E-state index contributed by atoms with van der Waals surface area (Å²) in [7, 11) is 0. The van der Waals surface area contributed by atoms with Crippen molar-refractivity contribution in [1.29, 1.82) is 0 Å². The highest BCUT2D eigenvalue weighted by molar-refractivity contribution is 6.44. The lowest BCUT2D eigenvalue weighted by atomic mass is 10.1. The zero-order chi connectivity index (χ0) is 16.7. The maximum atomic E-state index is 12.1. The molecule has 2 aromatic rings. The van der Waals surface area contributed by atoms with Gasteiger partial charge in [-0.05, 0) is 35.9 Å². The van der Waals surface area contributed by atoms with Crippen molar-refractivity contribution < 1.29 is 19.0 Å². The van der Waals surface area contributed by atoms with Crippen LogP contribution in [0.5, 0.6) is 11.5 Å². The van der Waals surface area contributed by atoms with Crippen LogP contribution in [0.25, 0.3) is 6.08 Å². The topological polar surface area (TPSA) is 57.1 Å². The molecule has 0 N–H and O–H groups in total. The number of esters is 1. The third-order valence-corrected chi connectivity index (χ3v) is 4.32. The number of halogens is 2. The Bertz CT molecular complexity index is 921. The van der Waals surface area contributed by atoms with E-state index in [1.165, 1.54) is 0 Å². The third kappa shape index (κ3) is 2.62. The van der Waals surface area contributed by atoms with E-state index in [1.807, 2.05) is 0 Å². The van der Waals surface area contributed by atoms with Crippen LogP contribution in [-0.4, -0.2) is 18.7 Å². The quantitative estimate of drug-likeness (QED) is 0.597. The Morgan fingerprint density at radius 1 is 1.08 bits per heavy atom. The van der Waals surface area contributed by atoms with E-state index in [-0.39, 0.29) is 23.4 Å². The molecule has 0 aliphatic carbocycles. The number of benzene rings is 2. The van der Waals surface area contributed by atoms with Crippen LogP contribution in [0.4, 0.5) is 0 Å². The first-order valence-corrected chi connectivity index (χ1v) is 7.74. The van der Waals surface area contributed by atoms with Crippen molar-refractivity contribution in [3.8, 4) is 11.5 Å². The molecule has 7 heteroatoms. The number of nitrogens with zero attached hydrogens (tertiary/aromatic N) is 1. The number of hydrogen-bond donors (Lipinski definition) is 0. The van der Waals surface area contributed by atoms with Gasteiger partial charge in [0.1, 0.15) is 0 Å². The summed E-state index contributed by atoms with van der Waals surface area (Å²) in [5.74, 6) is 0.858. The highest BCUT2D eigenvalue weighted by Gasteiger charge is 2.26. The fourth-order valence-corrected chi connectivity index (χ4v) is 2.74. The molecule has 0 unspecified atom stereocenters. The van der Waals surface area contributed by atoms with Gasteiger partial charge in [0.25, 0.3) is 0 Å². The minimum atomic E-state index is -0.557. The lowest BCUT2D eigenvalue weighted by Crippen LogP contribution is -2.06. The molecule has 0 aromatic heterocycles. The number of fused-ring (bicyclic) bond motifs is 1. The molecule has 0 saturated carbocycles. The zero-order valence-corrected chi connectivity index (χ0v) is 13.6. The predicted molar refractivity (Wildman–Crippen MR) is 89.6 cm³/mol. The summed E-state index contributed by atoms with van der Waals surface area (Å²) < 4.78 is 15.8.